The third-order valence-corrected chi connectivity index (χ3v) is 6.54. The minimum Gasteiger partial charge on any atom is -0.457 e. The molecule has 1 heterocycles. The molecule has 0 aliphatic carbocycles. The zero-order chi connectivity index (χ0) is 21.0. The van der Waals surface area contributed by atoms with E-state index in [0.717, 1.165) is 0 Å². The fourth-order valence-corrected chi connectivity index (χ4v) is 4.58. The molecule has 0 unspecified atom stereocenters. The Balaban J connectivity index is 1.77. The van der Waals surface area contributed by atoms with Crippen LogP contribution in [0.3, 0.4) is 0 Å². The van der Waals surface area contributed by atoms with Crippen LogP contribution in [0.1, 0.15) is 21.5 Å². The van der Waals surface area contributed by atoms with Crippen LogP contribution < -0.4 is 0 Å². The van der Waals surface area contributed by atoms with Gasteiger partial charge in [-0.25, -0.2) is 13.2 Å². The molecule has 29 heavy (non-hydrogen) atoms. The van der Waals surface area contributed by atoms with E-state index in [9.17, 15) is 23.3 Å². The van der Waals surface area contributed by atoms with Crippen molar-refractivity contribution in [2.45, 2.75) is 18.4 Å². The number of morpholine rings is 1. The summed E-state index contributed by atoms with van der Waals surface area (Å²) in [7, 11) is -3.76. The first-order valence-corrected chi connectivity index (χ1v) is 10.3. The molecule has 0 bridgehead atoms. The van der Waals surface area contributed by atoms with Gasteiger partial charge in [-0.15, -0.1) is 0 Å². The number of nitro groups is 1. The van der Waals surface area contributed by atoms with Crippen LogP contribution in [0.4, 0.5) is 5.69 Å². The standard InChI is InChI=1S/C19H20N2O7S/c1-14-5-6-16(12-18(14)29(25,26)20-7-9-27-10-8-20)19(22)28-13-15-3-2-4-17(11-15)21(23)24/h2-6,11-12H,7-10,13H2,1H3. The van der Waals surface area contributed by atoms with E-state index in [1.807, 2.05) is 0 Å². The highest BCUT2D eigenvalue weighted by atomic mass is 32.2. The maximum Gasteiger partial charge on any atom is 0.338 e. The molecule has 9 nitrogen and oxygen atoms in total. The van der Waals surface area contributed by atoms with Crippen LogP contribution in [-0.2, 0) is 26.1 Å². The van der Waals surface area contributed by atoms with Crippen molar-refractivity contribution in [3.05, 3.63) is 69.3 Å². The van der Waals surface area contributed by atoms with Crippen LogP contribution in [0.5, 0.6) is 0 Å². The molecular weight excluding hydrogens is 400 g/mol. The van der Waals surface area contributed by atoms with Gasteiger partial charge in [0.05, 0.1) is 28.6 Å². The molecule has 0 spiro atoms. The smallest absolute Gasteiger partial charge is 0.338 e. The number of non-ortho nitro benzene ring substituents is 1. The van der Waals surface area contributed by atoms with Crippen molar-refractivity contribution in [2.24, 2.45) is 0 Å². The van der Waals surface area contributed by atoms with Gasteiger partial charge in [0.15, 0.2) is 0 Å². The quantitative estimate of drug-likeness (QED) is 0.400. The van der Waals surface area contributed by atoms with E-state index in [4.69, 9.17) is 9.47 Å². The van der Waals surface area contributed by atoms with E-state index in [2.05, 4.69) is 0 Å². The maximum absolute atomic E-state index is 12.9. The molecule has 0 radical (unpaired) electrons. The number of esters is 1. The van der Waals surface area contributed by atoms with Crippen LogP contribution in [0.15, 0.2) is 47.4 Å². The van der Waals surface area contributed by atoms with Crippen molar-refractivity contribution in [1.82, 2.24) is 4.31 Å². The summed E-state index contributed by atoms with van der Waals surface area (Å²) in [5, 5.41) is 10.8. The summed E-state index contributed by atoms with van der Waals surface area (Å²) in [4.78, 5) is 22.8. The number of hydrogen-bond acceptors (Lipinski definition) is 7. The summed E-state index contributed by atoms with van der Waals surface area (Å²) in [6.07, 6.45) is 0. The Hall–Kier alpha value is -2.82. The van der Waals surface area contributed by atoms with E-state index in [1.54, 1.807) is 19.1 Å². The molecule has 2 aromatic rings. The molecule has 0 atom stereocenters. The summed E-state index contributed by atoms with van der Waals surface area (Å²) >= 11 is 0. The fourth-order valence-electron chi connectivity index (χ4n) is 2.92. The fraction of sp³-hybridized carbons (Fsp3) is 0.316. The lowest BCUT2D eigenvalue weighted by molar-refractivity contribution is -0.384. The zero-order valence-electron chi connectivity index (χ0n) is 15.7. The number of nitrogens with zero attached hydrogens (tertiary/aromatic N) is 2. The van der Waals surface area contributed by atoms with Crippen LogP contribution in [0.2, 0.25) is 0 Å². The van der Waals surface area contributed by atoms with Gasteiger partial charge < -0.3 is 9.47 Å². The zero-order valence-corrected chi connectivity index (χ0v) is 16.6. The largest absolute Gasteiger partial charge is 0.457 e. The molecule has 3 rings (SSSR count). The summed E-state index contributed by atoms with van der Waals surface area (Å²) in [6.45, 7) is 2.64. The number of ether oxygens (including phenoxy) is 2. The van der Waals surface area contributed by atoms with Gasteiger partial charge in [0, 0.05) is 25.2 Å². The second-order valence-corrected chi connectivity index (χ2v) is 8.41. The molecule has 0 saturated carbocycles. The number of aryl methyl sites for hydroxylation is 1. The highest BCUT2D eigenvalue weighted by molar-refractivity contribution is 7.89. The Kier molecular flexibility index (Phi) is 6.26. The lowest BCUT2D eigenvalue weighted by Crippen LogP contribution is -2.40. The van der Waals surface area contributed by atoms with E-state index >= 15 is 0 Å². The SMILES string of the molecule is Cc1ccc(C(=O)OCc2cccc([N+](=O)[O-])c2)cc1S(=O)(=O)N1CCOCC1. The predicted molar refractivity (Wildman–Crippen MR) is 103 cm³/mol. The molecule has 1 saturated heterocycles. The molecule has 0 N–H and O–H groups in total. The molecule has 1 fully saturated rings. The van der Waals surface area contributed by atoms with Gasteiger partial charge >= 0.3 is 5.97 Å². The van der Waals surface area contributed by atoms with Gasteiger partial charge in [0.1, 0.15) is 6.61 Å². The normalized spacial score (nSPS) is 15.1. The summed E-state index contributed by atoms with van der Waals surface area (Å²) in [5.74, 6) is -0.713. The average Bonchev–Trinajstić information content (AvgIpc) is 2.73. The van der Waals surface area contributed by atoms with Crippen molar-refractivity contribution >= 4 is 21.7 Å². The number of carbonyl (C=O) groups is 1. The highest BCUT2D eigenvalue weighted by Gasteiger charge is 2.28. The minimum absolute atomic E-state index is 0.0456. The van der Waals surface area contributed by atoms with Crippen LogP contribution in [0, 0.1) is 17.0 Å². The number of rotatable bonds is 6. The number of nitro benzene ring substituents is 1. The minimum atomic E-state index is -3.76. The molecule has 1 aliphatic heterocycles. The molecule has 0 amide bonds. The number of benzene rings is 2. The summed E-state index contributed by atoms with van der Waals surface area (Å²) in [6, 6.07) is 10.1. The molecule has 2 aromatic carbocycles. The Morgan fingerprint density at radius 2 is 1.93 bits per heavy atom. The van der Waals surface area contributed by atoms with Gasteiger partial charge in [-0.1, -0.05) is 18.2 Å². The molecular formula is C19H20N2O7S. The van der Waals surface area contributed by atoms with E-state index < -0.39 is 20.9 Å². The number of hydrogen-bond donors (Lipinski definition) is 0. The van der Waals surface area contributed by atoms with Crippen molar-refractivity contribution in [3.63, 3.8) is 0 Å². The Morgan fingerprint density at radius 3 is 2.62 bits per heavy atom. The van der Waals surface area contributed by atoms with E-state index in [1.165, 1.54) is 34.6 Å². The monoisotopic (exact) mass is 420 g/mol. The third kappa shape index (κ3) is 4.78. The molecule has 154 valence electrons. The number of carbonyl (C=O) groups excluding carboxylic acids is 1. The van der Waals surface area contributed by atoms with Crippen molar-refractivity contribution in [1.29, 1.82) is 0 Å². The van der Waals surface area contributed by atoms with Crippen molar-refractivity contribution in [3.8, 4) is 0 Å². The topological polar surface area (TPSA) is 116 Å². The van der Waals surface area contributed by atoms with Gasteiger partial charge in [0.25, 0.3) is 5.69 Å². The summed E-state index contributed by atoms with van der Waals surface area (Å²) in [5.41, 5.74) is 0.966. The van der Waals surface area contributed by atoms with Crippen LogP contribution in [0.25, 0.3) is 0 Å². The van der Waals surface area contributed by atoms with Gasteiger partial charge in [-0.2, -0.15) is 4.31 Å². The highest BCUT2D eigenvalue weighted by Crippen LogP contribution is 2.23. The molecule has 10 heteroatoms. The Labute approximate surface area is 168 Å². The third-order valence-electron chi connectivity index (χ3n) is 4.50. The number of sulfonamides is 1. The predicted octanol–water partition coefficient (Wildman–Crippen LogP) is 2.28. The molecule has 1 aliphatic rings. The van der Waals surface area contributed by atoms with Crippen LogP contribution >= 0.6 is 0 Å². The lowest BCUT2D eigenvalue weighted by atomic mass is 10.1. The van der Waals surface area contributed by atoms with Gasteiger partial charge in [-0.3, -0.25) is 10.1 Å². The first-order chi connectivity index (χ1) is 13.8. The second-order valence-electron chi connectivity index (χ2n) is 6.50. The van der Waals surface area contributed by atoms with Crippen LogP contribution in [-0.4, -0.2) is 49.9 Å². The van der Waals surface area contributed by atoms with Crippen molar-refractivity contribution < 1.29 is 27.6 Å². The van der Waals surface area contributed by atoms with Gasteiger partial charge in [0.2, 0.25) is 10.0 Å². The first kappa shape index (κ1) is 20.9. The Morgan fingerprint density at radius 1 is 1.21 bits per heavy atom. The summed E-state index contributed by atoms with van der Waals surface area (Å²) < 4.78 is 37.6. The Bertz CT molecular complexity index is 1030. The molecule has 0 aromatic heterocycles. The first-order valence-electron chi connectivity index (χ1n) is 8.88. The van der Waals surface area contributed by atoms with Gasteiger partial charge in [-0.05, 0) is 30.2 Å². The lowest BCUT2D eigenvalue weighted by Gasteiger charge is -2.26. The van der Waals surface area contributed by atoms with E-state index in [-0.39, 0.29) is 35.8 Å². The van der Waals surface area contributed by atoms with E-state index in [0.29, 0.717) is 24.3 Å². The average molecular weight is 420 g/mol. The maximum atomic E-state index is 12.9. The van der Waals surface area contributed by atoms with Crippen molar-refractivity contribution in [2.75, 3.05) is 26.3 Å². The second kappa shape index (κ2) is 8.68.